The fourth-order valence-electron chi connectivity index (χ4n) is 1.05. The van der Waals surface area contributed by atoms with Gasteiger partial charge in [0.25, 0.3) is 0 Å². The van der Waals surface area contributed by atoms with Crippen LogP contribution in [0.15, 0.2) is 24.3 Å². The molecule has 0 aromatic rings. The molecular weight excluding hydrogens is 128 g/mol. The van der Waals surface area contributed by atoms with Crippen LogP contribution in [0.2, 0.25) is 0 Å². The van der Waals surface area contributed by atoms with Crippen molar-refractivity contribution < 1.29 is 11.0 Å². The summed E-state index contributed by atoms with van der Waals surface area (Å²) in [6, 6.07) is 0. The van der Waals surface area contributed by atoms with Crippen LogP contribution in [0.25, 0.3) is 0 Å². The Bertz CT molecular complexity index is 116. The molecule has 4 N–H and O–H groups in total. The molecule has 0 radical (unpaired) electrons. The topological polar surface area (TPSA) is 63.0 Å². The SMILES string of the molecule is C=CC1=CCCCC1.O.O. The Balaban J connectivity index is 0. The highest BCUT2D eigenvalue weighted by Crippen LogP contribution is 2.16. The Morgan fingerprint density at radius 2 is 2.00 bits per heavy atom. The lowest BCUT2D eigenvalue weighted by Gasteiger charge is -2.06. The van der Waals surface area contributed by atoms with Crippen molar-refractivity contribution in [2.24, 2.45) is 0 Å². The molecule has 0 heterocycles. The Labute approximate surface area is 61.9 Å². The monoisotopic (exact) mass is 144 g/mol. The van der Waals surface area contributed by atoms with Crippen LogP contribution in [0, 0.1) is 0 Å². The van der Waals surface area contributed by atoms with Crippen molar-refractivity contribution in [3.05, 3.63) is 24.3 Å². The number of hydrogen-bond donors (Lipinski definition) is 0. The molecule has 0 spiro atoms. The van der Waals surface area contributed by atoms with Crippen LogP contribution in [-0.4, -0.2) is 11.0 Å². The average Bonchev–Trinajstić information content (AvgIpc) is 1.90. The van der Waals surface area contributed by atoms with E-state index in [2.05, 4.69) is 12.7 Å². The van der Waals surface area contributed by atoms with Gasteiger partial charge in [0, 0.05) is 0 Å². The summed E-state index contributed by atoms with van der Waals surface area (Å²) in [4.78, 5) is 0. The fraction of sp³-hybridized carbons (Fsp3) is 0.500. The minimum atomic E-state index is 0. The van der Waals surface area contributed by atoms with Crippen molar-refractivity contribution in [2.45, 2.75) is 25.7 Å². The smallest absolute Gasteiger partial charge is 0.0282 e. The van der Waals surface area contributed by atoms with E-state index in [0.29, 0.717) is 0 Å². The van der Waals surface area contributed by atoms with Gasteiger partial charge in [0.15, 0.2) is 0 Å². The van der Waals surface area contributed by atoms with Crippen molar-refractivity contribution in [1.82, 2.24) is 0 Å². The zero-order valence-corrected chi connectivity index (χ0v) is 6.19. The van der Waals surface area contributed by atoms with Gasteiger partial charge in [-0.15, -0.1) is 0 Å². The molecule has 0 aromatic carbocycles. The van der Waals surface area contributed by atoms with Crippen molar-refractivity contribution in [3.63, 3.8) is 0 Å². The van der Waals surface area contributed by atoms with E-state index in [-0.39, 0.29) is 11.0 Å². The van der Waals surface area contributed by atoms with Gasteiger partial charge < -0.3 is 11.0 Å². The molecule has 0 amide bonds. The maximum atomic E-state index is 3.72. The lowest BCUT2D eigenvalue weighted by molar-refractivity contribution is 0.712. The van der Waals surface area contributed by atoms with E-state index in [0.717, 1.165) is 0 Å². The van der Waals surface area contributed by atoms with Crippen LogP contribution >= 0.6 is 0 Å². The first-order valence-corrected chi connectivity index (χ1v) is 3.25. The molecule has 0 aliphatic heterocycles. The lowest BCUT2D eigenvalue weighted by Crippen LogP contribution is -1.86. The summed E-state index contributed by atoms with van der Waals surface area (Å²) in [7, 11) is 0. The molecule has 0 fully saturated rings. The molecular formula is C8H16O2. The van der Waals surface area contributed by atoms with E-state index in [1.807, 2.05) is 6.08 Å². The predicted octanol–water partition coefficient (Wildman–Crippen LogP) is 1.02. The van der Waals surface area contributed by atoms with Gasteiger partial charge in [-0.1, -0.05) is 24.3 Å². The summed E-state index contributed by atoms with van der Waals surface area (Å²) < 4.78 is 0. The molecule has 1 aliphatic carbocycles. The van der Waals surface area contributed by atoms with E-state index in [9.17, 15) is 0 Å². The van der Waals surface area contributed by atoms with Crippen LogP contribution in [0.1, 0.15) is 25.7 Å². The van der Waals surface area contributed by atoms with Crippen molar-refractivity contribution >= 4 is 0 Å². The standard InChI is InChI=1S/C8H12.2H2O/c1-2-8-6-4-3-5-7-8;;/h2,6H,1,3-5,7H2;2*1H2. The molecule has 2 nitrogen and oxygen atoms in total. The zero-order valence-electron chi connectivity index (χ0n) is 6.19. The maximum absolute atomic E-state index is 3.72. The van der Waals surface area contributed by atoms with Crippen LogP contribution in [0.3, 0.4) is 0 Å². The zero-order chi connectivity index (χ0) is 5.82. The molecule has 1 rings (SSSR count). The number of hydrogen-bond acceptors (Lipinski definition) is 0. The molecule has 10 heavy (non-hydrogen) atoms. The van der Waals surface area contributed by atoms with Crippen LogP contribution in [0.4, 0.5) is 0 Å². The highest BCUT2D eigenvalue weighted by molar-refractivity contribution is 5.17. The molecule has 2 heteroatoms. The summed E-state index contributed by atoms with van der Waals surface area (Å²) in [6.07, 6.45) is 9.51. The van der Waals surface area contributed by atoms with Gasteiger partial charge in [-0.2, -0.15) is 0 Å². The van der Waals surface area contributed by atoms with Gasteiger partial charge in [-0.3, -0.25) is 0 Å². The van der Waals surface area contributed by atoms with Gasteiger partial charge in [0.1, 0.15) is 0 Å². The Kier molecular flexibility index (Phi) is 7.90. The Morgan fingerprint density at radius 3 is 2.30 bits per heavy atom. The second-order valence-electron chi connectivity index (χ2n) is 2.23. The van der Waals surface area contributed by atoms with Crippen molar-refractivity contribution in [3.8, 4) is 0 Å². The summed E-state index contributed by atoms with van der Waals surface area (Å²) in [6.45, 7) is 3.72. The van der Waals surface area contributed by atoms with E-state index in [1.54, 1.807) is 0 Å². The van der Waals surface area contributed by atoms with Gasteiger partial charge in [0.05, 0.1) is 0 Å². The average molecular weight is 144 g/mol. The summed E-state index contributed by atoms with van der Waals surface area (Å²) in [5.74, 6) is 0. The minimum Gasteiger partial charge on any atom is -0.412 e. The molecule has 0 unspecified atom stereocenters. The summed E-state index contributed by atoms with van der Waals surface area (Å²) in [5.41, 5.74) is 1.44. The van der Waals surface area contributed by atoms with Crippen molar-refractivity contribution in [2.75, 3.05) is 0 Å². The third kappa shape index (κ3) is 3.43. The van der Waals surface area contributed by atoms with Gasteiger partial charge in [-0.25, -0.2) is 0 Å². The van der Waals surface area contributed by atoms with Gasteiger partial charge >= 0.3 is 0 Å². The Morgan fingerprint density at radius 1 is 1.30 bits per heavy atom. The molecule has 1 aliphatic rings. The highest BCUT2D eigenvalue weighted by Gasteiger charge is 1.97. The van der Waals surface area contributed by atoms with Gasteiger partial charge in [-0.05, 0) is 25.7 Å². The minimum absolute atomic E-state index is 0. The highest BCUT2D eigenvalue weighted by atomic mass is 16.0. The summed E-state index contributed by atoms with van der Waals surface area (Å²) >= 11 is 0. The second-order valence-corrected chi connectivity index (χ2v) is 2.23. The number of rotatable bonds is 1. The van der Waals surface area contributed by atoms with Crippen molar-refractivity contribution in [1.29, 1.82) is 0 Å². The molecule has 0 atom stereocenters. The first-order chi connectivity index (χ1) is 3.93. The first kappa shape index (κ1) is 12.1. The molecule has 60 valence electrons. The maximum Gasteiger partial charge on any atom is -0.0282 e. The third-order valence-corrected chi connectivity index (χ3v) is 1.59. The van der Waals surface area contributed by atoms with E-state index in [1.165, 1.54) is 31.3 Å². The first-order valence-electron chi connectivity index (χ1n) is 3.25. The van der Waals surface area contributed by atoms with Crippen LogP contribution < -0.4 is 0 Å². The third-order valence-electron chi connectivity index (χ3n) is 1.59. The largest absolute Gasteiger partial charge is 0.412 e. The van der Waals surface area contributed by atoms with E-state index >= 15 is 0 Å². The lowest BCUT2D eigenvalue weighted by atomic mass is 10.0. The molecule has 0 saturated carbocycles. The summed E-state index contributed by atoms with van der Waals surface area (Å²) in [5, 5.41) is 0. The fourth-order valence-corrected chi connectivity index (χ4v) is 1.05. The molecule has 0 aromatic heterocycles. The predicted molar refractivity (Wildman–Crippen MR) is 44.0 cm³/mol. The van der Waals surface area contributed by atoms with Gasteiger partial charge in [0.2, 0.25) is 0 Å². The second kappa shape index (κ2) is 6.52. The van der Waals surface area contributed by atoms with Crippen LogP contribution in [0.5, 0.6) is 0 Å². The number of allylic oxidation sites excluding steroid dienone is 3. The quantitative estimate of drug-likeness (QED) is 0.527. The van der Waals surface area contributed by atoms with E-state index in [4.69, 9.17) is 0 Å². The Hall–Kier alpha value is -0.600. The molecule has 0 bridgehead atoms. The molecule has 0 saturated heterocycles. The normalized spacial score (nSPS) is 15.8. The van der Waals surface area contributed by atoms with Crippen LogP contribution in [-0.2, 0) is 0 Å². The van der Waals surface area contributed by atoms with E-state index < -0.39 is 0 Å².